The third-order valence-electron chi connectivity index (χ3n) is 0.910. The predicted octanol–water partition coefficient (Wildman–Crippen LogP) is -0.247. The minimum absolute atomic E-state index is 0.0722. The van der Waals surface area contributed by atoms with Gasteiger partial charge in [-0.2, -0.15) is 0 Å². The van der Waals surface area contributed by atoms with Crippen molar-refractivity contribution in [1.29, 1.82) is 0 Å². The standard InChI is InChI=1S/C6H10O2/c1-3-6(2,8)4-5-7/h1,7-8H,4-5H2,2H3/t6-/m1/s1. The summed E-state index contributed by atoms with van der Waals surface area (Å²) in [6.07, 6.45) is 5.12. The van der Waals surface area contributed by atoms with Gasteiger partial charge in [-0.25, -0.2) is 0 Å². The first kappa shape index (κ1) is 7.48. The van der Waals surface area contributed by atoms with Gasteiger partial charge in [-0.15, -0.1) is 6.42 Å². The van der Waals surface area contributed by atoms with Crippen molar-refractivity contribution in [2.75, 3.05) is 6.61 Å². The lowest BCUT2D eigenvalue weighted by atomic mass is 10.1. The number of terminal acetylenes is 1. The molecule has 8 heavy (non-hydrogen) atoms. The Morgan fingerprint density at radius 3 is 2.38 bits per heavy atom. The summed E-state index contributed by atoms with van der Waals surface area (Å²) in [5, 5.41) is 17.2. The maximum Gasteiger partial charge on any atom is 0.124 e. The number of aliphatic hydroxyl groups is 2. The molecule has 0 amide bonds. The summed E-state index contributed by atoms with van der Waals surface area (Å²) in [4.78, 5) is 0. The summed E-state index contributed by atoms with van der Waals surface area (Å²) < 4.78 is 0. The third-order valence-corrected chi connectivity index (χ3v) is 0.910. The van der Waals surface area contributed by atoms with Gasteiger partial charge in [-0.1, -0.05) is 5.92 Å². The largest absolute Gasteiger partial charge is 0.396 e. The third kappa shape index (κ3) is 2.62. The van der Waals surface area contributed by atoms with Crippen molar-refractivity contribution in [3.8, 4) is 12.3 Å². The zero-order valence-electron chi connectivity index (χ0n) is 4.89. The Morgan fingerprint density at radius 2 is 2.25 bits per heavy atom. The van der Waals surface area contributed by atoms with Crippen LogP contribution in [-0.2, 0) is 0 Å². The van der Waals surface area contributed by atoms with Crippen LogP contribution in [0.1, 0.15) is 13.3 Å². The SMILES string of the molecule is C#C[C@@](C)(O)CCO. The molecule has 0 aromatic carbocycles. The zero-order valence-corrected chi connectivity index (χ0v) is 4.89. The molecule has 0 aliphatic carbocycles. The average molecular weight is 114 g/mol. The normalized spacial score (nSPS) is 16.8. The van der Waals surface area contributed by atoms with Crippen molar-refractivity contribution >= 4 is 0 Å². The lowest BCUT2D eigenvalue weighted by Gasteiger charge is -2.12. The van der Waals surface area contributed by atoms with Crippen LogP contribution >= 0.6 is 0 Å². The van der Waals surface area contributed by atoms with Crippen LogP contribution < -0.4 is 0 Å². The molecule has 2 N–H and O–H groups in total. The van der Waals surface area contributed by atoms with Crippen LogP contribution in [0.2, 0.25) is 0 Å². The van der Waals surface area contributed by atoms with Gasteiger partial charge in [0.15, 0.2) is 0 Å². The molecule has 1 atom stereocenters. The molecular formula is C6H10O2. The Balaban J connectivity index is 3.59. The number of aliphatic hydroxyl groups excluding tert-OH is 1. The Labute approximate surface area is 49.2 Å². The Kier molecular flexibility index (Phi) is 2.53. The van der Waals surface area contributed by atoms with Gasteiger partial charge in [0.05, 0.1) is 0 Å². The molecular weight excluding hydrogens is 104 g/mol. The van der Waals surface area contributed by atoms with Crippen molar-refractivity contribution in [2.24, 2.45) is 0 Å². The van der Waals surface area contributed by atoms with Crippen LogP contribution in [0, 0.1) is 12.3 Å². The Bertz CT molecular complexity index is 99.6. The highest BCUT2D eigenvalue weighted by atomic mass is 16.3. The molecule has 0 saturated heterocycles. The second-order valence-electron chi connectivity index (χ2n) is 1.89. The predicted molar refractivity (Wildman–Crippen MR) is 31.2 cm³/mol. The number of rotatable bonds is 2. The first-order chi connectivity index (χ1) is 3.62. The van der Waals surface area contributed by atoms with Crippen molar-refractivity contribution in [3.63, 3.8) is 0 Å². The van der Waals surface area contributed by atoms with Gasteiger partial charge >= 0.3 is 0 Å². The summed E-state index contributed by atoms with van der Waals surface area (Å²) in [7, 11) is 0. The fraction of sp³-hybridized carbons (Fsp3) is 0.667. The first-order valence-corrected chi connectivity index (χ1v) is 2.43. The van der Waals surface area contributed by atoms with Gasteiger partial charge < -0.3 is 10.2 Å². The molecule has 0 aromatic rings. The molecule has 0 unspecified atom stereocenters. The van der Waals surface area contributed by atoms with Gasteiger partial charge in [0.1, 0.15) is 5.60 Å². The smallest absolute Gasteiger partial charge is 0.124 e. The van der Waals surface area contributed by atoms with E-state index in [4.69, 9.17) is 16.6 Å². The monoisotopic (exact) mass is 114 g/mol. The summed E-state index contributed by atoms with van der Waals surface area (Å²) >= 11 is 0. The van der Waals surface area contributed by atoms with E-state index in [9.17, 15) is 0 Å². The molecule has 0 radical (unpaired) electrons. The van der Waals surface area contributed by atoms with Crippen molar-refractivity contribution in [2.45, 2.75) is 18.9 Å². The highest BCUT2D eigenvalue weighted by molar-refractivity contribution is 5.03. The molecule has 2 heteroatoms. The number of hydrogen-bond acceptors (Lipinski definition) is 2. The molecule has 0 aliphatic rings. The van der Waals surface area contributed by atoms with E-state index >= 15 is 0 Å². The Hall–Kier alpha value is -0.520. The quantitative estimate of drug-likeness (QED) is 0.486. The van der Waals surface area contributed by atoms with Crippen molar-refractivity contribution in [1.82, 2.24) is 0 Å². The second-order valence-corrected chi connectivity index (χ2v) is 1.89. The van der Waals surface area contributed by atoms with Crippen molar-refractivity contribution < 1.29 is 10.2 Å². The van der Waals surface area contributed by atoms with Crippen LogP contribution in [0.3, 0.4) is 0 Å². The molecule has 0 aromatic heterocycles. The fourth-order valence-corrected chi connectivity index (χ4v) is 0.290. The minimum Gasteiger partial charge on any atom is -0.396 e. The molecule has 0 spiro atoms. The van der Waals surface area contributed by atoms with E-state index in [1.54, 1.807) is 0 Å². The van der Waals surface area contributed by atoms with E-state index in [2.05, 4.69) is 5.92 Å². The molecule has 46 valence electrons. The molecule has 0 heterocycles. The summed E-state index contributed by atoms with van der Waals surface area (Å²) in [6, 6.07) is 0. The van der Waals surface area contributed by atoms with E-state index in [1.165, 1.54) is 6.92 Å². The van der Waals surface area contributed by atoms with Crippen LogP contribution in [0.25, 0.3) is 0 Å². The number of hydrogen-bond donors (Lipinski definition) is 2. The summed E-state index contributed by atoms with van der Waals surface area (Å²) in [6.45, 7) is 1.42. The molecule has 0 fully saturated rings. The topological polar surface area (TPSA) is 40.5 Å². The van der Waals surface area contributed by atoms with E-state index in [1.807, 2.05) is 0 Å². The van der Waals surface area contributed by atoms with E-state index < -0.39 is 5.60 Å². The van der Waals surface area contributed by atoms with Crippen LogP contribution in [0.5, 0.6) is 0 Å². The van der Waals surface area contributed by atoms with Crippen LogP contribution in [-0.4, -0.2) is 22.4 Å². The Morgan fingerprint density at radius 1 is 1.75 bits per heavy atom. The van der Waals surface area contributed by atoms with Gasteiger partial charge in [-0.05, 0) is 6.92 Å². The van der Waals surface area contributed by atoms with Crippen LogP contribution in [0.15, 0.2) is 0 Å². The summed E-state index contributed by atoms with van der Waals surface area (Å²) in [5.41, 5.74) is -1.13. The minimum atomic E-state index is -1.13. The van der Waals surface area contributed by atoms with Gasteiger partial charge in [0.2, 0.25) is 0 Å². The summed E-state index contributed by atoms with van der Waals surface area (Å²) in [5.74, 6) is 2.14. The van der Waals surface area contributed by atoms with E-state index in [-0.39, 0.29) is 13.0 Å². The highest BCUT2D eigenvalue weighted by Crippen LogP contribution is 2.04. The van der Waals surface area contributed by atoms with Gasteiger partial charge in [0, 0.05) is 13.0 Å². The molecule has 0 bridgehead atoms. The fourth-order valence-electron chi connectivity index (χ4n) is 0.290. The zero-order chi connectivity index (χ0) is 6.62. The highest BCUT2D eigenvalue weighted by Gasteiger charge is 2.13. The van der Waals surface area contributed by atoms with E-state index in [0.717, 1.165) is 0 Å². The maximum absolute atomic E-state index is 8.93. The van der Waals surface area contributed by atoms with Gasteiger partial charge in [0.25, 0.3) is 0 Å². The van der Waals surface area contributed by atoms with Crippen LogP contribution in [0.4, 0.5) is 0 Å². The second kappa shape index (κ2) is 2.71. The molecule has 2 nitrogen and oxygen atoms in total. The maximum atomic E-state index is 8.93. The molecule has 0 saturated carbocycles. The van der Waals surface area contributed by atoms with E-state index in [0.29, 0.717) is 0 Å². The van der Waals surface area contributed by atoms with Gasteiger partial charge in [-0.3, -0.25) is 0 Å². The molecule has 0 aliphatic heterocycles. The lowest BCUT2D eigenvalue weighted by molar-refractivity contribution is 0.0879. The average Bonchev–Trinajstić information content (AvgIpc) is 1.67. The first-order valence-electron chi connectivity index (χ1n) is 2.43. The lowest BCUT2D eigenvalue weighted by Crippen LogP contribution is -2.22. The molecule has 0 rings (SSSR count). The van der Waals surface area contributed by atoms with Crippen molar-refractivity contribution in [3.05, 3.63) is 0 Å².